The second-order valence-electron chi connectivity index (χ2n) is 5.35. The zero-order chi connectivity index (χ0) is 15.3. The Morgan fingerprint density at radius 3 is 2.33 bits per heavy atom. The van der Waals surface area contributed by atoms with Crippen LogP contribution in [0.15, 0.2) is 30.3 Å². The Bertz CT molecular complexity index is 655. The van der Waals surface area contributed by atoms with Crippen molar-refractivity contribution in [2.75, 3.05) is 0 Å². The molecule has 1 aliphatic carbocycles. The molecule has 0 radical (unpaired) electrons. The highest BCUT2D eigenvalue weighted by Gasteiger charge is 2.40. The monoisotopic (exact) mass is 306 g/mol. The SMILES string of the molecule is [N-]=[N+]=C(C(=O)C1CCCCC1)S(=O)(=O)Cc1ccccc1. The van der Waals surface area contributed by atoms with E-state index in [1.165, 1.54) is 0 Å². The number of nitrogens with zero attached hydrogens (tertiary/aromatic N) is 2. The summed E-state index contributed by atoms with van der Waals surface area (Å²) >= 11 is 0. The second kappa shape index (κ2) is 6.78. The summed E-state index contributed by atoms with van der Waals surface area (Å²) in [4.78, 5) is 15.1. The van der Waals surface area contributed by atoms with Crippen LogP contribution in [0.3, 0.4) is 0 Å². The zero-order valence-electron chi connectivity index (χ0n) is 11.7. The topological polar surface area (TPSA) is 87.6 Å². The molecule has 1 fully saturated rings. The van der Waals surface area contributed by atoms with Crippen LogP contribution in [0.25, 0.3) is 5.53 Å². The lowest BCUT2D eigenvalue weighted by atomic mass is 9.86. The van der Waals surface area contributed by atoms with E-state index in [9.17, 15) is 13.2 Å². The number of carbonyl (C=O) groups is 1. The van der Waals surface area contributed by atoms with Crippen molar-refractivity contribution >= 4 is 20.7 Å². The maximum atomic E-state index is 12.3. The highest BCUT2D eigenvalue weighted by molar-refractivity contribution is 8.07. The molecule has 1 aromatic rings. The van der Waals surface area contributed by atoms with Gasteiger partial charge in [0.2, 0.25) is 0 Å². The third-order valence-corrected chi connectivity index (χ3v) is 5.36. The van der Waals surface area contributed by atoms with Crippen molar-refractivity contribution < 1.29 is 18.0 Å². The molecule has 0 heterocycles. The Labute approximate surface area is 124 Å². The molecule has 0 saturated heterocycles. The first-order chi connectivity index (χ1) is 10.0. The molecule has 1 saturated carbocycles. The fraction of sp³-hybridized carbons (Fsp3) is 0.467. The van der Waals surface area contributed by atoms with E-state index < -0.39 is 20.7 Å². The average Bonchev–Trinajstić information content (AvgIpc) is 2.49. The summed E-state index contributed by atoms with van der Waals surface area (Å²) in [6, 6.07) is 8.56. The maximum Gasteiger partial charge on any atom is 0.448 e. The number of sulfone groups is 1. The molecule has 0 bridgehead atoms. The first kappa shape index (κ1) is 15.6. The highest BCUT2D eigenvalue weighted by Crippen LogP contribution is 2.25. The van der Waals surface area contributed by atoms with E-state index in [0.717, 1.165) is 19.3 Å². The molecular formula is C15H18N2O3S. The van der Waals surface area contributed by atoms with Gasteiger partial charge in [-0.25, -0.2) is 8.42 Å². The Morgan fingerprint density at radius 2 is 1.76 bits per heavy atom. The zero-order valence-corrected chi connectivity index (χ0v) is 12.6. The van der Waals surface area contributed by atoms with Gasteiger partial charge in [-0.2, -0.15) is 0 Å². The van der Waals surface area contributed by atoms with E-state index in [4.69, 9.17) is 5.53 Å². The van der Waals surface area contributed by atoms with E-state index in [1.54, 1.807) is 30.3 Å². The van der Waals surface area contributed by atoms with Crippen LogP contribution in [0.1, 0.15) is 37.7 Å². The van der Waals surface area contributed by atoms with Crippen LogP contribution in [0.2, 0.25) is 0 Å². The van der Waals surface area contributed by atoms with Gasteiger partial charge in [-0.05, 0) is 18.4 Å². The van der Waals surface area contributed by atoms with Crippen LogP contribution in [-0.2, 0) is 20.4 Å². The number of ketones is 1. The quantitative estimate of drug-likeness (QED) is 0.370. The lowest BCUT2D eigenvalue weighted by Crippen LogP contribution is -2.33. The molecular weight excluding hydrogens is 288 g/mol. The largest absolute Gasteiger partial charge is 0.448 e. The smallest absolute Gasteiger partial charge is 0.360 e. The summed E-state index contributed by atoms with van der Waals surface area (Å²) in [6.45, 7) is 0. The van der Waals surface area contributed by atoms with Gasteiger partial charge in [0.15, 0.2) is 0 Å². The van der Waals surface area contributed by atoms with Gasteiger partial charge in [0.25, 0.3) is 15.6 Å². The van der Waals surface area contributed by atoms with E-state index in [-0.39, 0.29) is 11.7 Å². The first-order valence-corrected chi connectivity index (χ1v) is 8.73. The molecule has 112 valence electrons. The van der Waals surface area contributed by atoms with Gasteiger partial charge in [0, 0.05) is 5.92 Å². The molecule has 1 aromatic carbocycles. The first-order valence-electron chi connectivity index (χ1n) is 7.07. The summed E-state index contributed by atoms with van der Waals surface area (Å²) in [5, 5.41) is -0.696. The number of hydrogen-bond acceptors (Lipinski definition) is 3. The molecule has 0 atom stereocenters. The fourth-order valence-corrected chi connectivity index (χ4v) is 4.03. The van der Waals surface area contributed by atoms with Crippen LogP contribution in [0.4, 0.5) is 0 Å². The van der Waals surface area contributed by atoms with Gasteiger partial charge < -0.3 is 5.53 Å². The minimum Gasteiger partial charge on any atom is -0.360 e. The predicted molar refractivity (Wildman–Crippen MR) is 79.3 cm³/mol. The van der Waals surface area contributed by atoms with Crippen molar-refractivity contribution in [3.63, 3.8) is 0 Å². The number of carbonyl (C=O) groups excluding carboxylic acids is 1. The molecule has 0 amide bonds. The number of rotatable bonds is 4. The lowest BCUT2D eigenvalue weighted by Gasteiger charge is -2.18. The van der Waals surface area contributed by atoms with Crippen molar-refractivity contribution in [3.05, 3.63) is 41.4 Å². The van der Waals surface area contributed by atoms with Crippen molar-refractivity contribution in [1.29, 1.82) is 0 Å². The van der Waals surface area contributed by atoms with Gasteiger partial charge in [0.05, 0.1) is 5.75 Å². The molecule has 2 rings (SSSR count). The summed E-state index contributed by atoms with van der Waals surface area (Å²) in [6.07, 6.45) is 4.21. The molecule has 0 spiro atoms. The molecule has 0 N–H and O–H groups in total. The Hall–Kier alpha value is -1.78. The standard InChI is InChI=1S/C15H18N2O3S/c16-17-15(14(18)13-9-5-2-6-10-13)21(19,20)11-12-7-3-1-4-8-12/h1,3-4,7-8,13H,2,5-6,9-11H2. The van der Waals surface area contributed by atoms with Gasteiger partial charge in [-0.3, -0.25) is 4.79 Å². The van der Waals surface area contributed by atoms with Crippen LogP contribution >= 0.6 is 0 Å². The molecule has 1 aliphatic rings. The van der Waals surface area contributed by atoms with Crippen LogP contribution in [-0.4, -0.2) is 24.0 Å². The predicted octanol–water partition coefficient (Wildman–Crippen LogP) is 2.38. The van der Waals surface area contributed by atoms with Crippen molar-refractivity contribution in [2.45, 2.75) is 37.9 Å². The fourth-order valence-electron chi connectivity index (χ4n) is 2.67. The van der Waals surface area contributed by atoms with Crippen molar-refractivity contribution in [1.82, 2.24) is 0 Å². The number of benzene rings is 1. The van der Waals surface area contributed by atoms with Crippen LogP contribution in [0, 0.1) is 5.92 Å². The molecule has 21 heavy (non-hydrogen) atoms. The van der Waals surface area contributed by atoms with Crippen LogP contribution in [0.5, 0.6) is 0 Å². The third-order valence-electron chi connectivity index (χ3n) is 3.77. The minimum atomic E-state index is -3.92. The van der Waals surface area contributed by atoms with Gasteiger partial charge in [0.1, 0.15) is 0 Å². The average molecular weight is 306 g/mol. The van der Waals surface area contributed by atoms with E-state index >= 15 is 0 Å². The number of Topliss-reactive ketones (excluding diaryl/α,β-unsaturated/α-hetero) is 1. The Balaban J connectivity index is 2.20. The van der Waals surface area contributed by atoms with Gasteiger partial charge in [-0.1, -0.05) is 49.6 Å². The van der Waals surface area contributed by atoms with E-state index in [0.29, 0.717) is 18.4 Å². The maximum absolute atomic E-state index is 12.3. The van der Waals surface area contributed by atoms with E-state index in [1.807, 2.05) is 0 Å². The molecule has 0 unspecified atom stereocenters. The summed E-state index contributed by atoms with van der Waals surface area (Å²) in [7, 11) is -3.92. The van der Waals surface area contributed by atoms with Gasteiger partial charge in [-0.15, -0.1) is 4.79 Å². The molecule has 5 nitrogen and oxygen atoms in total. The highest BCUT2D eigenvalue weighted by atomic mass is 32.2. The Morgan fingerprint density at radius 1 is 1.14 bits per heavy atom. The van der Waals surface area contributed by atoms with Gasteiger partial charge >= 0.3 is 5.04 Å². The Kier molecular flexibility index (Phi) is 5.04. The summed E-state index contributed by atoms with van der Waals surface area (Å²) in [5.41, 5.74) is 9.59. The summed E-state index contributed by atoms with van der Waals surface area (Å²) < 4.78 is 24.6. The van der Waals surface area contributed by atoms with Crippen molar-refractivity contribution in [3.8, 4) is 0 Å². The van der Waals surface area contributed by atoms with Crippen LogP contribution < -0.4 is 0 Å². The minimum absolute atomic E-state index is 0.328. The summed E-state index contributed by atoms with van der Waals surface area (Å²) in [5.74, 6) is -1.21. The third kappa shape index (κ3) is 3.86. The number of hydrogen-bond donors (Lipinski definition) is 0. The second-order valence-corrected chi connectivity index (χ2v) is 7.25. The molecule has 0 aromatic heterocycles. The molecule has 6 heteroatoms. The molecule has 0 aliphatic heterocycles. The lowest BCUT2D eigenvalue weighted by molar-refractivity contribution is -0.120. The van der Waals surface area contributed by atoms with Crippen molar-refractivity contribution in [2.24, 2.45) is 5.92 Å². The van der Waals surface area contributed by atoms with E-state index in [2.05, 4.69) is 4.79 Å². The normalized spacial score (nSPS) is 16.2.